The fourth-order valence-electron chi connectivity index (χ4n) is 1.45. The second-order valence-corrected chi connectivity index (χ2v) is 5.46. The Hall–Kier alpha value is -1.03. The summed E-state index contributed by atoms with van der Waals surface area (Å²) in [7, 11) is 1.64. The molecule has 94 valence electrons. The lowest BCUT2D eigenvalue weighted by Crippen LogP contribution is -1.90. The Bertz CT molecular complexity index is 575. The van der Waals surface area contributed by atoms with Gasteiger partial charge in [-0.05, 0) is 24.3 Å². The molecule has 18 heavy (non-hydrogen) atoms. The molecule has 0 saturated heterocycles. The number of hydrogen-bond acceptors (Lipinski definition) is 3. The van der Waals surface area contributed by atoms with E-state index in [9.17, 15) is 0 Å². The molecule has 0 aliphatic rings. The highest BCUT2D eigenvalue weighted by Gasteiger charge is 2.09. The van der Waals surface area contributed by atoms with Crippen LogP contribution in [0.3, 0.4) is 0 Å². The number of para-hydroxylation sites is 1. The van der Waals surface area contributed by atoms with Gasteiger partial charge in [0, 0.05) is 10.6 Å². The number of nitrogens with two attached hydrogens (primary N) is 1. The number of ether oxygens (including phenoxy) is 1. The zero-order valence-corrected chi connectivity index (χ0v) is 11.9. The molecule has 0 heterocycles. The van der Waals surface area contributed by atoms with Crippen LogP contribution in [0.4, 0.5) is 5.69 Å². The summed E-state index contributed by atoms with van der Waals surface area (Å²) in [5, 5.41) is 0.946. The number of methoxy groups -OCH3 is 1. The van der Waals surface area contributed by atoms with Crippen molar-refractivity contribution < 1.29 is 4.74 Å². The maximum absolute atomic E-state index is 5.99. The van der Waals surface area contributed by atoms with Gasteiger partial charge in [0.15, 0.2) is 0 Å². The molecule has 0 bridgehead atoms. The molecular formula is C13H11Cl2NOS. The summed E-state index contributed by atoms with van der Waals surface area (Å²) < 4.78 is 5.29. The second kappa shape index (κ2) is 5.74. The molecule has 0 saturated carbocycles. The number of rotatable bonds is 3. The van der Waals surface area contributed by atoms with E-state index in [1.54, 1.807) is 19.2 Å². The molecule has 0 unspecified atom stereocenters. The van der Waals surface area contributed by atoms with Crippen LogP contribution in [-0.2, 0) is 0 Å². The van der Waals surface area contributed by atoms with E-state index in [-0.39, 0.29) is 0 Å². The van der Waals surface area contributed by atoms with Gasteiger partial charge >= 0.3 is 0 Å². The second-order valence-electron chi connectivity index (χ2n) is 3.56. The first-order valence-corrected chi connectivity index (χ1v) is 6.74. The Labute approximate surface area is 120 Å². The third kappa shape index (κ3) is 2.86. The van der Waals surface area contributed by atoms with E-state index < -0.39 is 0 Å². The SMILES string of the molecule is COc1ccccc1Sc1cc(Cl)c(Cl)cc1N. The van der Waals surface area contributed by atoms with Crippen LogP contribution in [0.5, 0.6) is 5.75 Å². The highest BCUT2D eigenvalue weighted by atomic mass is 35.5. The van der Waals surface area contributed by atoms with Gasteiger partial charge in [-0.1, -0.05) is 47.1 Å². The molecule has 2 N–H and O–H groups in total. The number of nitrogen functional groups attached to an aromatic ring is 1. The number of hydrogen-bond donors (Lipinski definition) is 1. The standard InChI is InChI=1S/C13H11Cl2NOS/c1-17-11-4-2-3-5-12(11)18-13-7-9(15)8(14)6-10(13)16/h2-7H,16H2,1H3. The van der Waals surface area contributed by atoms with Crippen LogP contribution in [0.15, 0.2) is 46.2 Å². The van der Waals surface area contributed by atoms with Crippen LogP contribution in [-0.4, -0.2) is 7.11 Å². The molecular weight excluding hydrogens is 289 g/mol. The van der Waals surface area contributed by atoms with Crippen molar-refractivity contribution in [1.82, 2.24) is 0 Å². The molecule has 2 aromatic rings. The summed E-state index contributed by atoms with van der Waals surface area (Å²) in [5.41, 5.74) is 6.52. The minimum absolute atomic E-state index is 0.457. The van der Waals surface area contributed by atoms with Crippen LogP contribution in [0, 0.1) is 0 Å². The van der Waals surface area contributed by atoms with Gasteiger partial charge in [0.05, 0.1) is 22.1 Å². The average molecular weight is 300 g/mol. The molecule has 2 rings (SSSR count). The van der Waals surface area contributed by atoms with Gasteiger partial charge in [0.1, 0.15) is 5.75 Å². The lowest BCUT2D eigenvalue weighted by Gasteiger charge is -2.10. The van der Waals surface area contributed by atoms with Crippen LogP contribution < -0.4 is 10.5 Å². The van der Waals surface area contributed by atoms with Crippen LogP contribution in [0.1, 0.15) is 0 Å². The van der Waals surface area contributed by atoms with Crippen LogP contribution in [0.25, 0.3) is 0 Å². The Morgan fingerprint density at radius 3 is 2.44 bits per heavy atom. The first-order chi connectivity index (χ1) is 8.61. The summed E-state index contributed by atoms with van der Waals surface area (Å²) in [6.45, 7) is 0. The average Bonchev–Trinajstić information content (AvgIpc) is 2.36. The smallest absolute Gasteiger partial charge is 0.132 e. The summed E-state index contributed by atoms with van der Waals surface area (Å²) >= 11 is 13.4. The summed E-state index contributed by atoms with van der Waals surface area (Å²) in [6, 6.07) is 11.1. The van der Waals surface area contributed by atoms with Crippen molar-refractivity contribution in [3.05, 3.63) is 46.4 Å². The largest absolute Gasteiger partial charge is 0.496 e. The maximum atomic E-state index is 5.99. The van der Waals surface area contributed by atoms with Crippen molar-refractivity contribution in [1.29, 1.82) is 0 Å². The third-order valence-electron chi connectivity index (χ3n) is 2.34. The van der Waals surface area contributed by atoms with Crippen molar-refractivity contribution in [2.75, 3.05) is 12.8 Å². The summed E-state index contributed by atoms with van der Waals surface area (Å²) in [6.07, 6.45) is 0. The minimum Gasteiger partial charge on any atom is -0.496 e. The van der Waals surface area contributed by atoms with Crippen molar-refractivity contribution in [2.24, 2.45) is 0 Å². The first kappa shape index (κ1) is 13.4. The summed E-state index contributed by atoms with van der Waals surface area (Å²) in [4.78, 5) is 1.83. The maximum Gasteiger partial charge on any atom is 0.132 e. The number of anilines is 1. The monoisotopic (exact) mass is 299 g/mol. The van der Waals surface area contributed by atoms with E-state index in [1.807, 2.05) is 24.3 Å². The molecule has 0 aromatic heterocycles. The lowest BCUT2D eigenvalue weighted by atomic mass is 10.3. The van der Waals surface area contributed by atoms with Crippen molar-refractivity contribution in [3.8, 4) is 5.75 Å². The molecule has 0 radical (unpaired) electrons. The van der Waals surface area contributed by atoms with E-state index in [4.69, 9.17) is 33.7 Å². The Kier molecular flexibility index (Phi) is 4.27. The Morgan fingerprint density at radius 1 is 1.06 bits per heavy atom. The van der Waals surface area contributed by atoms with E-state index in [0.717, 1.165) is 15.5 Å². The first-order valence-electron chi connectivity index (χ1n) is 5.17. The number of benzene rings is 2. The quantitative estimate of drug-likeness (QED) is 0.832. The highest BCUT2D eigenvalue weighted by molar-refractivity contribution is 7.99. The van der Waals surface area contributed by atoms with E-state index in [0.29, 0.717) is 15.7 Å². The Morgan fingerprint density at radius 2 is 1.72 bits per heavy atom. The molecule has 0 spiro atoms. The van der Waals surface area contributed by atoms with Crippen molar-refractivity contribution in [2.45, 2.75) is 9.79 Å². The van der Waals surface area contributed by atoms with Gasteiger partial charge in [0.25, 0.3) is 0 Å². The molecule has 2 aromatic carbocycles. The zero-order valence-electron chi connectivity index (χ0n) is 9.61. The van der Waals surface area contributed by atoms with Gasteiger partial charge in [-0.15, -0.1) is 0 Å². The third-order valence-corrected chi connectivity index (χ3v) is 4.19. The highest BCUT2D eigenvalue weighted by Crippen LogP contribution is 2.40. The molecule has 0 aliphatic heterocycles. The molecule has 0 fully saturated rings. The zero-order chi connectivity index (χ0) is 13.1. The molecule has 0 aliphatic carbocycles. The van der Waals surface area contributed by atoms with Gasteiger partial charge < -0.3 is 10.5 Å². The fraction of sp³-hybridized carbons (Fsp3) is 0.0769. The van der Waals surface area contributed by atoms with E-state index >= 15 is 0 Å². The predicted octanol–water partition coefficient (Wildman–Crippen LogP) is 4.74. The molecule has 5 heteroatoms. The van der Waals surface area contributed by atoms with Crippen LogP contribution >= 0.6 is 35.0 Å². The minimum atomic E-state index is 0.457. The lowest BCUT2D eigenvalue weighted by molar-refractivity contribution is 0.405. The van der Waals surface area contributed by atoms with Gasteiger partial charge in [-0.3, -0.25) is 0 Å². The van der Waals surface area contributed by atoms with Gasteiger partial charge in [0.2, 0.25) is 0 Å². The molecule has 0 amide bonds. The number of halogens is 2. The summed E-state index contributed by atoms with van der Waals surface area (Å²) in [5.74, 6) is 0.799. The normalized spacial score (nSPS) is 10.4. The fourth-order valence-corrected chi connectivity index (χ4v) is 2.84. The van der Waals surface area contributed by atoms with Crippen molar-refractivity contribution >= 4 is 40.7 Å². The van der Waals surface area contributed by atoms with Gasteiger partial charge in [-0.25, -0.2) is 0 Å². The van der Waals surface area contributed by atoms with Crippen LogP contribution in [0.2, 0.25) is 10.0 Å². The van der Waals surface area contributed by atoms with Gasteiger partial charge in [-0.2, -0.15) is 0 Å². The topological polar surface area (TPSA) is 35.2 Å². The van der Waals surface area contributed by atoms with E-state index in [2.05, 4.69) is 0 Å². The predicted molar refractivity (Wildman–Crippen MR) is 78.0 cm³/mol. The molecule has 2 nitrogen and oxygen atoms in total. The Balaban J connectivity index is 2.37. The molecule has 0 atom stereocenters. The van der Waals surface area contributed by atoms with E-state index in [1.165, 1.54) is 11.8 Å². The van der Waals surface area contributed by atoms with Crippen molar-refractivity contribution in [3.63, 3.8) is 0 Å².